The molecule has 1 aliphatic rings. The summed E-state index contributed by atoms with van der Waals surface area (Å²) in [5, 5.41) is 6.97. The van der Waals surface area contributed by atoms with Crippen molar-refractivity contribution in [2.75, 3.05) is 26.2 Å². The van der Waals surface area contributed by atoms with Crippen molar-refractivity contribution in [3.05, 3.63) is 71.8 Å². The Bertz CT molecular complexity index is 599. The van der Waals surface area contributed by atoms with Crippen LogP contribution in [-0.4, -0.2) is 41.8 Å². The van der Waals surface area contributed by atoms with Gasteiger partial charge in [-0.3, -0.25) is 9.91 Å². The van der Waals surface area contributed by atoms with Crippen LogP contribution in [0.2, 0.25) is 0 Å². The van der Waals surface area contributed by atoms with E-state index in [1.165, 1.54) is 11.1 Å². The smallest absolute Gasteiger partial charge is 0.0646 e. The molecule has 0 spiro atoms. The fourth-order valence-electron chi connectivity index (χ4n) is 2.79. The molecule has 1 heterocycles. The Hall–Kier alpha value is -2.13. The van der Waals surface area contributed by atoms with Gasteiger partial charge in [-0.15, -0.1) is 0 Å². The van der Waals surface area contributed by atoms with Crippen molar-refractivity contribution in [2.24, 2.45) is 5.10 Å². The van der Waals surface area contributed by atoms with Crippen LogP contribution in [0.3, 0.4) is 0 Å². The summed E-state index contributed by atoms with van der Waals surface area (Å²) in [6.07, 6.45) is 0. The molecule has 22 heavy (non-hydrogen) atoms. The fourth-order valence-corrected chi connectivity index (χ4v) is 2.79. The molecule has 2 aromatic carbocycles. The second kappa shape index (κ2) is 7.23. The molecule has 0 amide bonds. The van der Waals surface area contributed by atoms with Crippen molar-refractivity contribution in [2.45, 2.75) is 13.5 Å². The van der Waals surface area contributed by atoms with E-state index in [4.69, 9.17) is 5.10 Å². The van der Waals surface area contributed by atoms with E-state index in [-0.39, 0.29) is 0 Å². The lowest BCUT2D eigenvalue weighted by molar-refractivity contribution is 0.130. The fraction of sp³-hybridized carbons (Fsp3) is 0.316. The van der Waals surface area contributed by atoms with Crippen molar-refractivity contribution in [3.63, 3.8) is 0 Å². The van der Waals surface area contributed by atoms with E-state index in [1.54, 1.807) is 0 Å². The van der Waals surface area contributed by atoms with Crippen LogP contribution in [0.15, 0.2) is 65.8 Å². The minimum absolute atomic E-state index is 0.997. The molecule has 3 rings (SSSR count). The van der Waals surface area contributed by atoms with E-state index >= 15 is 0 Å². The van der Waals surface area contributed by atoms with Crippen LogP contribution in [-0.2, 0) is 6.54 Å². The third-order valence-corrected chi connectivity index (χ3v) is 4.08. The Morgan fingerprint density at radius 3 is 2.09 bits per heavy atom. The van der Waals surface area contributed by atoms with Crippen LogP contribution in [0.25, 0.3) is 0 Å². The zero-order valence-electron chi connectivity index (χ0n) is 13.2. The second-order valence-electron chi connectivity index (χ2n) is 5.77. The largest absolute Gasteiger partial charge is 0.295 e. The van der Waals surface area contributed by atoms with Crippen molar-refractivity contribution in [1.29, 1.82) is 0 Å². The maximum absolute atomic E-state index is 4.77. The SMILES string of the molecule is CC(=NN1CCN(Cc2ccccc2)CC1)c1ccccc1. The summed E-state index contributed by atoms with van der Waals surface area (Å²) in [5.41, 5.74) is 3.69. The summed E-state index contributed by atoms with van der Waals surface area (Å²) in [6, 6.07) is 21.1. The summed E-state index contributed by atoms with van der Waals surface area (Å²) < 4.78 is 0. The van der Waals surface area contributed by atoms with Crippen LogP contribution in [0.1, 0.15) is 18.1 Å². The van der Waals surface area contributed by atoms with Crippen LogP contribution < -0.4 is 0 Å². The molecule has 2 aromatic rings. The summed E-state index contributed by atoms with van der Waals surface area (Å²) in [5.74, 6) is 0. The van der Waals surface area contributed by atoms with Gasteiger partial charge in [0, 0.05) is 32.7 Å². The standard InChI is InChI=1S/C19H23N3/c1-17(19-10-6-3-7-11-19)20-22-14-12-21(13-15-22)16-18-8-4-2-5-9-18/h2-11H,12-16H2,1H3. The number of nitrogens with zero attached hydrogens (tertiary/aromatic N) is 3. The van der Waals surface area contributed by atoms with Crippen molar-refractivity contribution in [3.8, 4) is 0 Å². The van der Waals surface area contributed by atoms with Crippen molar-refractivity contribution < 1.29 is 0 Å². The maximum atomic E-state index is 4.77. The molecular weight excluding hydrogens is 270 g/mol. The van der Waals surface area contributed by atoms with Gasteiger partial charge in [0.15, 0.2) is 0 Å². The van der Waals surface area contributed by atoms with Crippen molar-refractivity contribution >= 4 is 5.71 Å². The van der Waals surface area contributed by atoms with Crippen LogP contribution in [0.4, 0.5) is 0 Å². The number of rotatable bonds is 4. The predicted molar refractivity (Wildman–Crippen MR) is 91.9 cm³/mol. The minimum Gasteiger partial charge on any atom is -0.295 e. The maximum Gasteiger partial charge on any atom is 0.0646 e. The van der Waals surface area contributed by atoms with E-state index in [0.717, 1.165) is 38.4 Å². The molecule has 0 bridgehead atoms. The van der Waals surface area contributed by atoms with Crippen LogP contribution in [0, 0.1) is 0 Å². The topological polar surface area (TPSA) is 18.8 Å². The Morgan fingerprint density at radius 2 is 1.45 bits per heavy atom. The second-order valence-corrected chi connectivity index (χ2v) is 5.77. The molecular formula is C19H23N3. The number of hydrogen-bond donors (Lipinski definition) is 0. The van der Waals surface area contributed by atoms with Gasteiger partial charge < -0.3 is 0 Å². The molecule has 3 nitrogen and oxygen atoms in total. The van der Waals surface area contributed by atoms with Gasteiger partial charge in [-0.25, -0.2) is 0 Å². The Kier molecular flexibility index (Phi) is 4.86. The number of hydrogen-bond acceptors (Lipinski definition) is 3. The first-order valence-electron chi connectivity index (χ1n) is 7.93. The lowest BCUT2D eigenvalue weighted by atomic mass is 10.1. The average molecular weight is 293 g/mol. The molecule has 0 aliphatic carbocycles. The first-order chi connectivity index (χ1) is 10.8. The molecule has 1 saturated heterocycles. The summed E-state index contributed by atoms with van der Waals surface area (Å²) in [6.45, 7) is 7.26. The molecule has 114 valence electrons. The molecule has 0 N–H and O–H groups in total. The monoisotopic (exact) mass is 293 g/mol. The van der Waals surface area contributed by atoms with E-state index in [9.17, 15) is 0 Å². The quantitative estimate of drug-likeness (QED) is 0.806. The van der Waals surface area contributed by atoms with Gasteiger partial charge in [0.05, 0.1) is 5.71 Å². The highest BCUT2D eigenvalue weighted by atomic mass is 15.5. The van der Waals surface area contributed by atoms with E-state index in [1.807, 2.05) is 6.07 Å². The zero-order chi connectivity index (χ0) is 15.2. The highest BCUT2D eigenvalue weighted by Crippen LogP contribution is 2.10. The Labute approximate surface area is 132 Å². The normalized spacial score (nSPS) is 16.8. The molecule has 0 saturated carbocycles. The van der Waals surface area contributed by atoms with Gasteiger partial charge >= 0.3 is 0 Å². The molecule has 1 aliphatic heterocycles. The Morgan fingerprint density at radius 1 is 0.864 bits per heavy atom. The van der Waals surface area contributed by atoms with E-state index in [0.29, 0.717) is 0 Å². The van der Waals surface area contributed by atoms with Gasteiger partial charge in [-0.2, -0.15) is 5.10 Å². The van der Waals surface area contributed by atoms with Crippen LogP contribution >= 0.6 is 0 Å². The highest BCUT2D eigenvalue weighted by molar-refractivity contribution is 5.98. The van der Waals surface area contributed by atoms with E-state index in [2.05, 4.69) is 71.4 Å². The average Bonchev–Trinajstić information content (AvgIpc) is 2.58. The van der Waals surface area contributed by atoms with E-state index < -0.39 is 0 Å². The van der Waals surface area contributed by atoms with Gasteiger partial charge in [-0.05, 0) is 18.1 Å². The number of benzene rings is 2. The minimum atomic E-state index is 0.997. The van der Waals surface area contributed by atoms with Crippen molar-refractivity contribution in [1.82, 2.24) is 9.91 Å². The third kappa shape index (κ3) is 3.95. The van der Waals surface area contributed by atoms with Gasteiger partial charge in [0.2, 0.25) is 0 Å². The Balaban J connectivity index is 1.53. The molecule has 0 atom stereocenters. The highest BCUT2D eigenvalue weighted by Gasteiger charge is 2.15. The molecule has 0 aromatic heterocycles. The predicted octanol–water partition coefficient (Wildman–Crippen LogP) is 3.23. The third-order valence-electron chi connectivity index (χ3n) is 4.08. The first-order valence-corrected chi connectivity index (χ1v) is 7.93. The molecule has 3 heteroatoms. The summed E-state index contributed by atoms with van der Waals surface area (Å²) >= 11 is 0. The first kappa shape index (κ1) is 14.8. The summed E-state index contributed by atoms with van der Waals surface area (Å²) in [4.78, 5) is 2.50. The van der Waals surface area contributed by atoms with Gasteiger partial charge in [0.1, 0.15) is 0 Å². The van der Waals surface area contributed by atoms with Crippen LogP contribution in [0.5, 0.6) is 0 Å². The number of piperazine rings is 1. The molecule has 1 fully saturated rings. The molecule has 0 unspecified atom stereocenters. The summed E-state index contributed by atoms with van der Waals surface area (Å²) in [7, 11) is 0. The van der Waals surface area contributed by atoms with Gasteiger partial charge in [-0.1, -0.05) is 60.7 Å². The lowest BCUT2D eigenvalue weighted by Crippen LogP contribution is -2.43. The lowest BCUT2D eigenvalue weighted by Gasteiger charge is -2.33. The molecule has 0 radical (unpaired) electrons. The number of hydrazone groups is 1. The van der Waals surface area contributed by atoms with Gasteiger partial charge in [0.25, 0.3) is 0 Å². The zero-order valence-corrected chi connectivity index (χ0v) is 13.2.